The second-order valence-corrected chi connectivity index (χ2v) is 7.40. The Balaban J connectivity index is 1.82. The maximum Gasteiger partial charge on any atom is 0.138 e. The van der Waals surface area contributed by atoms with Crippen LogP contribution >= 0.6 is 0 Å². The van der Waals surface area contributed by atoms with Crippen LogP contribution in [0.2, 0.25) is 0 Å². The van der Waals surface area contributed by atoms with Crippen molar-refractivity contribution in [3.8, 4) is 0 Å². The van der Waals surface area contributed by atoms with Crippen molar-refractivity contribution >= 4 is 5.78 Å². The lowest BCUT2D eigenvalue weighted by atomic mass is 9.48. The Kier molecular flexibility index (Phi) is 2.43. The highest BCUT2D eigenvalue weighted by atomic mass is 16.1. The van der Waals surface area contributed by atoms with Gasteiger partial charge in [0, 0.05) is 17.9 Å². The van der Waals surface area contributed by atoms with Gasteiger partial charge < -0.3 is 0 Å². The molecule has 4 rings (SSSR count). The van der Waals surface area contributed by atoms with E-state index in [0.717, 1.165) is 24.2 Å². The summed E-state index contributed by atoms with van der Waals surface area (Å²) >= 11 is 0. The van der Waals surface area contributed by atoms with Crippen LogP contribution < -0.4 is 0 Å². The van der Waals surface area contributed by atoms with E-state index in [4.69, 9.17) is 0 Å². The van der Waals surface area contributed by atoms with Gasteiger partial charge in [-0.05, 0) is 69.4 Å². The molecule has 0 aromatic heterocycles. The summed E-state index contributed by atoms with van der Waals surface area (Å²) < 4.78 is 0. The number of rotatable bonds is 0. The molecule has 2 nitrogen and oxygen atoms in total. The van der Waals surface area contributed by atoms with Crippen molar-refractivity contribution < 1.29 is 4.79 Å². The highest BCUT2D eigenvalue weighted by Gasteiger charge is 2.62. The summed E-state index contributed by atoms with van der Waals surface area (Å²) in [7, 11) is 0. The van der Waals surface area contributed by atoms with Gasteiger partial charge in [-0.1, -0.05) is 6.92 Å². The van der Waals surface area contributed by atoms with Crippen LogP contribution in [-0.4, -0.2) is 29.3 Å². The van der Waals surface area contributed by atoms with Gasteiger partial charge in [-0.2, -0.15) is 0 Å². The maximum atomic E-state index is 12.5. The van der Waals surface area contributed by atoms with E-state index in [-0.39, 0.29) is 0 Å². The molecule has 4 fully saturated rings. The summed E-state index contributed by atoms with van der Waals surface area (Å²) in [5.41, 5.74) is 0.314. The molecule has 100 valence electrons. The van der Waals surface area contributed by atoms with Crippen molar-refractivity contribution in [1.82, 2.24) is 4.90 Å². The molecule has 0 amide bonds. The first-order chi connectivity index (χ1) is 8.72. The van der Waals surface area contributed by atoms with Crippen molar-refractivity contribution in [2.45, 2.75) is 57.4 Å². The highest BCUT2D eigenvalue weighted by molar-refractivity contribution is 5.84. The maximum absolute atomic E-state index is 12.5. The van der Waals surface area contributed by atoms with Crippen LogP contribution in [0.5, 0.6) is 0 Å². The molecule has 1 spiro atoms. The van der Waals surface area contributed by atoms with Gasteiger partial charge in [0.15, 0.2) is 0 Å². The van der Waals surface area contributed by atoms with E-state index in [2.05, 4.69) is 11.8 Å². The molecule has 0 aromatic rings. The minimum Gasteiger partial charge on any atom is -0.299 e. The summed E-state index contributed by atoms with van der Waals surface area (Å²) in [6.07, 6.45) is 8.75. The zero-order valence-electron chi connectivity index (χ0n) is 11.5. The molecule has 0 aromatic carbocycles. The van der Waals surface area contributed by atoms with Crippen LogP contribution in [0.4, 0.5) is 0 Å². The number of ketones is 1. The third kappa shape index (κ3) is 1.31. The Bertz CT molecular complexity index is 377. The zero-order valence-corrected chi connectivity index (χ0v) is 11.5. The van der Waals surface area contributed by atoms with Gasteiger partial charge in [-0.15, -0.1) is 0 Å². The van der Waals surface area contributed by atoms with E-state index < -0.39 is 0 Å². The van der Waals surface area contributed by atoms with E-state index in [1.165, 1.54) is 51.6 Å². The molecule has 2 saturated carbocycles. The van der Waals surface area contributed by atoms with Crippen molar-refractivity contribution in [3.63, 3.8) is 0 Å². The highest BCUT2D eigenvalue weighted by Crippen LogP contribution is 2.59. The molecule has 2 aliphatic heterocycles. The molecule has 0 radical (unpaired) electrons. The predicted octanol–water partition coefficient (Wildman–Crippen LogP) is 2.87. The molecular formula is C16H25NO. The van der Waals surface area contributed by atoms with Crippen LogP contribution in [-0.2, 0) is 4.79 Å². The molecular weight excluding hydrogens is 222 g/mol. The summed E-state index contributed by atoms with van der Waals surface area (Å²) in [5, 5.41) is 0. The monoisotopic (exact) mass is 247 g/mol. The van der Waals surface area contributed by atoms with Crippen LogP contribution in [0.1, 0.15) is 51.9 Å². The van der Waals surface area contributed by atoms with Crippen molar-refractivity contribution in [1.29, 1.82) is 0 Å². The Morgan fingerprint density at radius 3 is 2.83 bits per heavy atom. The largest absolute Gasteiger partial charge is 0.299 e. The number of Topliss-reactive ketones (excluding diaryl/α,β-unsaturated/α-hetero) is 1. The fraction of sp³-hybridized carbons (Fsp3) is 0.938. The topological polar surface area (TPSA) is 20.3 Å². The predicted molar refractivity (Wildman–Crippen MR) is 71.3 cm³/mol. The van der Waals surface area contributed by atoms with Gasteiger partial charge >= 0.3 is 0 Å². The van der Waals surface area contributed by atoms with Gasteiger partial charge in [0.2, 0.25) is 0 Å². The van der Waals surface area contributed by atoms with Crippen LogP contribution in [0.3, 0.4) is 0 Å². The van der Waals surface area contributed by atoms with E-state index in [9.17, 15) is 4.79 Å². The van der Waals surface area contributed by atoms with Crippen molar-refractivity contribution in [2.75, 3.05) is 13.1 Å². The second-order valence-electron chi connectivity index (χ2n) is 7.40. The third-order valence-corrected chi connectivity index (χ3v) is 6.50. The molecule has 18 heavy (non-hydrogen) atoms. The average molecular weight is 247 g/mol. The van der Waals surface area contributed by atoms with Gasteiger partial charge in [0.05, 0.1) is 0 Å². The first-order valence-corrected chi connectivity index (χ1v) is 7.99. The lowest BCUT2D eigenvalue weighted by Crippen LogP contribution is -2.71. The average Bonchev–Trinajstić information content (AvgIpc) is 2.33. The van der Waals surface area contributed by atoms with Crippen LogP contribution in [0, 0.1) is 23.7 Å². The number of carbonyl (C=O) groups excluding carboxylic acids is 1. The summed E-state index contributed by atoms with van der Waals surface area (Å²) in [5.74, 6) is 3.43. The Labute approximate surface area is 110 Å². The first kappa shape index (κ1) is 11.5. The number of piperidine rings is 2. The smallest absolute Gasteiger partial charge is 0.138 e. The summed E-state index contributed by atoms with van der Waals surface area (Å²) in [4.78, 5) is 15.3. The molecule has 4 aliphatic rings. The quantitative estimate of drug-likeness (QED) is 0.656. The van der Waals surface area contributed by atoms with E-state index in [1.54, 1.807) is 0 Å². The fourth-order valence-corrected chi connectivity index (χ4v) is 6.18. The Morgan fingerprint density at radius 2 is 2.00 bits per heavy atom. The van der Waals surface area contributed by atoms with Crippen molar-refractivity contribution in [3.05, 3.63) is 0 Å². The molecule has 2 saturated heterocycles. The van der Waals surface area contributed by atoms with E-state index >= 15 is 0 Å². The number of nitrogens with zero attached hydrogens (tertiary/aromatic N) is 1. The Hall–Kier alpha value is -0.370. The molecule has 2 bridgehead atoms. The number of hydrogen-bond donors (Lipinski definition) is 0. The van der Waals surface area contributed by atoms with Crippen LogP contribution in [0.25, 0.3) is 0 Å². The van der Waals surface area contributed by atoms with Gasteiger partial charge in [-0.25, -0.2) is 0 Å². The van der Waals surface area contributed by atoms with Crippen molar-refractivity contribution in [2.24, 2.45) is 23.7 Å². The second kappa shape index (κ2) is 3.82. The van der Waals surface area contributed by atoms with E-state index in [0.29, 0.717) is 17.2 Å². The summed E-state index contributed by atoms with van der Waals surface area (Å²) in [6, 6.07) is 0. The zero-order chi connectivity index (χ0) is 12.3. The minimum atomic E-state index is 0.314. The lowest BCUT2D eigenvalue weighted by molar-refractivity contribution is -0.172. The standard InChI is InChI=1S/C16H25NO/c1-11-8-12-9-15(18)14-5-3-7-17-6-2-4-13(12)16(14,17)10-11/h11-14H,2-10H2,1H3/t11?,12-,13-,14-,16-/m1/s1. The lowest BCUT2D eigenvalue weighted by Gasteiger charge is -2.65. The third-order valence-electron chi connectivity index (χ3n) is 6.50. The molecule has 5 atom stereocenters. The van der Waals surface area contributed by atoms with Gasteiger partial charge in [0.25, 0.3) is 0 Å². The number of hydrogen-bond acceptors (Lipinski definition) is 2. The normalized spacial score (nSPS) is 51.9. The van der Waals surface area contributed by atoms with Crippen LogP contribution in [0.15, 0.2) is 0 Å². The molecule has 0 N–H and O–H groups in total. The summed E-state index contributed by atoms with van der Waals surface area (Å²) in [6.45, 7) is 4.95. The molecule has 2 aliphatic carbocycles. The molecule has 2 heterocycles. The fourth-order valence-electron chi connectivity index (χ4n) is 6.18. The molecule has 1 unspecified atom stereocenters. The van der Waals surface area contributed by atoms with Gasteiger partial charge in [0.1, 0.15) is 5.78 Å². The molecule has 2 heteroatoms. The van der Waals surface area contributed by atoms with Gasteiger partial charge in [-0.3, -0.25) is 9.69 Å². The Morgan fingerprint density at radius 1 is 1.22 bits per heavy atom. The minimum absolute atomic E-state index is 0.314. The number of carbonyl (C=O) groups is 1. The first-order valence-electron chi connectivity index (χ1n) is 7.99. The SMILES string of the molecule is CC1C[C@@H]2CC(=O)[C@H]3CCCN4CCC[C@H]2[C@]34C1. The van der Waals surface area contributed by atoms with E-state index in [1.807, 2.05) is 0 Å².